The lowest BCUT2D eigenvalue weighted by atomic mass is 10.1. The molecular formula is C18H13NO4. The fraction of sp³-hybridized carbons (Fsp3) is 0.0556. The van der Waals surface area contributed by atoms with Gasteiger partial charge in [-0.3, -0.25) is 0 Å². The van der Waals surface area contributed by atoms with Crippen LogP contribution in [0.25, 0.3) is 10.8 Å². The summed E-state index contributed by atoms with van der Waals surface area (Å²) in [6, 6.07) is 16.1. The normalized spacial score (nSPS) is 10.3. The van der Waals surface area contributed by atoms with Crippen molar-refractivity contribution >= 4 is 22.7 Å². The van der Waals surface area contributed by atoms with Crippen molar-refractivity contribution in [1.29, 1.82) is 0 Å². The molecule has 0 amide bonds. The van der Waals surface area contributed by atoms with E-state index in [1.54, 1.807) is 12.1 Å². The van der Waals surface area contributed by atoms with Gasteiger partial charge in [0.25, 0.3) is 0 Å². The van der Waals surface area contributed by atoms with Gasteiger partial charge in [-0.1, -0.05) is 30.3 Å². The van der Waals surface area contributed by atoms with Crippen LogP contribution in [-0.2, 0) is 4.74 Å². The van der Waals surface area contributed by atoms with E-state index in [9.17, 15) is 9.59 Å². The van der Waals surface area contributed by atoms with E-state index in [1.165, 1.54) is 25.4 Å². The molecule has 3 aromatic rings. The van der Waals surface area contributed by atoms with Gasteiger partial charge in [0.15, 0.2) is 0 Å². The van der Waals surface area contributed by atoms with Gasteiger partial charge in [0.2, 0.25) is 0 Å². The summed E-state index contributed by atoms with van der Waals surface area (Å²) in [6.45, 7) is 0. The molecule has 1 aromatic heterocycles. The standard InChI is InChI=1S/C18H13NO4/c1-22-17(20)14-7-9-16(19-11-14)18(21)23-15-8-6-12-4-2-3-5-13(12)10-15/h2-11H,1H3. The molecule has 114 valence electrons. The first kappa shape index (κ1) is 14.7. The lowest BCUT2D eigenvalue weighted by Crippen LogP contribution is -2.11. The third-order valence-electron chi connectivity index (χ3n) is 3.33. The highest BCUT2D eigenvalue weighted by atomic mass is 16.5. The Balaban J connectivity index is 1.78. The molecule has 5 heteroatoms. The van der Waals surface area contributed by atoms with Crippen molar-refractivity contribution in [3.63, 3.8) is 0 Å². The number of carbonyl (C=O) groups is 2. The highest BCUT2D eigenvalue weighted by Crippen LogP contribution is 2.21. The molecule has 0 atom stereocenters. The average molecular weight is 307 g/mol. The summed E-state index contributed by atoms with van der Waals surface area (Å²) < 4.78 is 9.90. The van der Waals surface area contributed by atoms with Crippen LogP contribution in [0.4, 0.5) is 0 Å². The first-order chi connectivity index (χ1) is 11.2. The molecule has 5 nitrogen and oxygen atoms in total. The molecule has 1 heterocycles. The number of ether oxygens (including phenoxy) is 2. The van der Waals surface area contributed by atoms with Crippen molar-refractivity contribution < 1.29 is 19.1 Å². The largest absolute Gasteiger partial charge is 0.465 e. The zero-order valence-electron chi connectivity index (χ0n) is 12.4. The average Bonchev–Trinajstić information content (AvgIpc) is 2.61. The molecular weight excluding hydrogens is 294 g/mol. The third kappa shape index (κ3) is 3.18. The minimum Gasteiger partial charge on any atom is -0.465 e. The van der Waals surface area contributed by atoms with Crippen LogP contribution >= 0.6 is 0 Å². The molecule has 23 heavy (non-hydrogen) atoms. The van der Waals surface area contributed by atoms with Crippen molar-refractivity contribution in [2.24, 2.45) is 0 Å². The van der Waals surface area contributed by atoms with Gasteiger partial charge >= 0.3 is 11.9 Å². The number of carbonyl (C=O) groups excluding carboxylic acids is 2. The zero-order valence-corrected chi connectivity index (χ0v) is 12.4. The monoisotopic (exact) mass is 307 g/mol. The van der Waals surface area contributed by atoms with E-state index < -0.39 is 11.9 Å². The molecule has 0 spiro atoms. The number of esters is 2. The van der Waals surface area contributed by atoms with Gasteiger partial charge in [0, 0.05) is 6.20 Å². The molecule has 2 aromatic carbocycles. The van der Waals surface area contributed by atoms with Crippen LogP contribution in [0.2, 0.25) is 0 Å². The Morgan fingerprint density at radius 1 is 0.913 bits per heavy atom. The van der Waals surface area contributed by atoms with Gasteiger partial charge < -0.3 is 9.47 Å². The first-order valence-corrected chi connectivity index (χ1v) is 6.93. The minimum absolute atomic E-state index is 0.116. The maximum absolute atomic E-state index is 12.1. The molecule has 3 rings (SSSR count). The second-order valence-corrected chi connectivity index (χ2v) is 4.82. The minimum atomic E-state index is -0.586. The van der Waals surface area contributed by atoms with E-state index >= 15 is 0 Å². The van der Waals surface area contributed by atoms with Crippen molar-refractivity contribution in [3.05, 3.63) is 72.1 Å². The third-order valence-corrected chi connectivity index (χ3v) is 3.33. The Kier molecular flexibility index (Phi) is 4.01. The molecule has 0 saturated heterocycles. The molecule has 0 unspecified atom stereocenters. The fourth-order valence-electron chi connectivity index (χ4n) is 2.14. The van der Waals surface area contributed by atoms with Crippen LogP contribution in [0.3, 0.4) is 0 Å². The second kappa shape index (κ2) is 6.27. The van der Waals surface area contributed by atoms with E-state index in [1.807, 2.05) is 30.3 Å². The highest BCUT2D eigenvalue weighted by molar-refractivity contribution is 5.92. The number of rotatable bonds is 3. The number of pyridine rings is 1. The van der Waals surface area contributed by atoms with Crippen LogP contribution in [0.15, 0.2) is 60.8 Å². The van der Waals surface area contributed by atoms with Crippen molar-refractivity contribution in [2.75, 3.05) is 7.11 Å². The summed E-state index contributed by atoms with van der Waals surface area (Å²) in [4.78, 5) is 27.4. The lowest BCUT2D eigenvalue weighted by molar-refractivity contribution is 0.0598. The molecule has 0 aliphatic heterocycles. The smallest absolute Gasteiger partial charge is 0.362 e. The van der Waals surface area contributed by atoms with E-state index in [0.717, 1.165) is 10.8 Å². The maximum atomic E-state index is 12.1. The van der Waals surface area contributed by atoms with Crippen LogP contribution in [0.1, 0.15) is 20.8 Å². The highest BCUT2D eigenvalue weighted by Gasteiger charge is 2.12. The topological polar surface area (TPSA) is 65.5 Å². The summed E-state index contributed by atoms with van der Waals surface area (Å²) in [5, 5.41) is 2.04. The molecule has 0 aliphatic rings. The quantitative estimate of drug-likeness (QED) is 0.549. The molecule has 0 saturated carbocycles. The molecule has 0 aliphatic carbocycles. The summed E-state index contributed by atoms with van der Waals surface area (Å²) in [7, 11) is 1.28. The maximum Gasteiger partial charge on any atom is 0.362 e. The van der Waals surface area contributed by atoms with E-state index in [2.05, 4.69) is 9.72 Å². The summed E-state index contributed by atoms with van der Waals surface area (Å²) in [6.07, 6.45) is 1.28. The van der Waals surface area contributed by atoms with Gasteiger partial charge in [-0.25, -0.2) is 14.6 Å². The van der Waals surface area contributed by atoms with Gasteiger partial charge in [-0.15, -0.1) is 0 Å². The Morgan fingerprint density at radius 3 is 2.39 bits per heavy atom. The summed E-state index contributed by atoms with van der Waals surface area (Å²) >= 11 is 0. The van der Waals surface area contributed by atoms with Gasteiger partial charge in [-0.2, -0.15) is 0 Å². The predicted molar refractivity (Wildman–Crippen MR) is 84.5 cm³/mol. The number of hydrogen-bond donors (Lipinski definition) is 0. The number of methoxy groups -OCH3 is 1. The van der Waals surface area contributed by atoms with E-state index in [4.69, 9.17) is 4.74 Å². The second-order valence-electron chi connectivity index (χ2n) is 4.82. The predicted octanol–water partition coefficient (Wildman–Crippen LogP) is 3.24. The number of hydrogen-bond acceptors (Lipinski definition) is 5. The summed E-state index contributed by atoms with van der Waals surface area (Å²) in [5.41, 5.74) is 0.389. The number of benzene rings is 2. The Morgan fingerprint density at radius 2 is 1.70 bits per heavy atom. The zero-order chi connectivity index (χ0) is 16.2. The molecule has 0 radical (unpaired) electrons. The van der Waals surface area contributed by atoms with Crippen LogP contribution in [0, 0.1) is 0 Å². The van der Waals surface area contributed by atoms with Crippen LogP contribution < -0.4 is 4.74 Å². The lowest BCUT2D eigenvalue weighted by Gasteiger charge is -2.06. The SMILES string of the molecule is COC(=O)c1ccc(C(=O)Oc2ccc3ccccc3c2)nc1. The van der Waals surface area contributed by atoms with E-state index in [0.29, 0.717) is 5.75 Å². The van der Waals surface area contributed by atoms with Crippen molar-refractivity contribution in [3.8, 4) is 5.75 Å². The van der Waals surface area contributed by atoms with Crippen LogP contribution in [-0.4, -0.2) is 24.0 Å². The molecule has 0 bridgehead atoms. The Hall–Kier alpha value is -3.21. The number of nitrogens with zero attached hydrogens (tertiary/aromatic N) is 1. The Labute approximate surface area is 132 Å². The number of fused-ring (bicyclic) bond motifs is 1. The fourth-order valence-corrected chi connectivity index (χ4v) is 2.14. The molecule has 0 N–H and O–H groups in total. The Bertz CT molecular complexity index is 872. The van der Waals surface area contributed by atoms with Gasteiger partial charge in [0.05, 0.1) is 12.7 Å². The van der Waals surface area contributed by atoms with Crippen molar-refractivity contribution in [1.82, 2.24) is 4.98 Å². The first-order valence-electron chi connectivity index (χ1n) is 6.93. The van der Waals surface area contributed by atoms with Crippen LogP contribution in [0.5, 0.6) is 5.75 Å². The molecule has 0 fully saturated rings. The van der Waals surface area contributed by atoms with Gasteiger partial charge in [0.1, 0.15) is 11.4 Å². The summed E-state index contributed by atoms with van der Waals surface area (Å²) in [5.74, 6) is -0.656. The van der Waals surface area contributed by atoms with Crippen molar-refractivity contribution in [2.45, 2.75) is 0 Å². The van der Waals surface area contributed by atoms with E-state index in [-0.39, 0.29) is 11.3 Å². The van der Waals surface area contributed by atoms with Gasteiger partial charge in [-0.05, 0) is 35.0 Å². The number of aromatic nitrogens is 1.